The molecule has 2 atom stereocenters. The molecule has 3 N–H and O–H groups in total. The smallest absolute Gasteiger partial charge is 0.174 e. The summed E-state index contributed by atoms with van der Waals surface area (Å²) in [5.41, 5.74) is 7.19. The molecule has 1 fully saturated rings. The van der Waals surface area contributed by atoms with Crippen LogP contribution in [0.15, 0.2) is 53.7 Å². The minimum Gasteiger partial charge on any atom is -0.593 e. The van der Waals surface area contributed by atoms with Crippen LogP contribution in [0.1, 0.15) is 24.5 Å². The maximum atomic E-state index is 12.6. The van der Waals surface area contributed by atoms with Gasteiger partial charge in [-0.2, -0.15) is 0 Å². The Labute approximate surface area is 139 Å². The van der Waals surface area contributed by atoms with Crippen LogP contribution in [0.25, 0.3) is 0 Å². The molecule has 2 unspecified atom stereocenters. The van der Waals surface area contributed by atoms with Crippen molar-refractivity contribution in [1.29, 1.82) is 0 Å². The first-order valence-electron chi connectivity index (χ1n) is 7.75. The van der Waals surface area contributed by atoms with Crippen molar-refractivity contribution in [3.05, 3.63) is 54.4 Å². The second-order valence-electron chi connectivity index (χ2n) is 5.82. The molecule has 1 aliphatic heterocycles. The normalized spacial score (nSPS) is 19.4. The van der Waals surface area contributed by atoms with E-state index in [0.29, 0.717) is 18.8 Å². The highest BCUT2D eigenvalue weighted by Crippen LogP contribution is 2.32. The van der Waals surface area contributed by atoms with Crippen LogP contribution in [0.3, 0.4) is 0 Å². The third-order valence-electron chi connectivity index (χ3n) is 4.29. The third-order valence-corrected chi connectivity index (χ3v) is 5.80. The van der Waals surface area contributed by atoms with E-state index in [1.54, 1.807) is 24.5 Å². The van der Waals surface area contributed by atoms with Gasteiger partial charge < -0.3 is 15.4 Å². The number of benzene rings is 1. The summed E-state index contributed by atoms with van der Waals surface area (Å²) in [6.07, 6.45) is 4.54. The molecule has 1 aromatic carbocycles. The zero-order chi connectivity index (χ0) is 16.2. The number of nitrogens with zero attached hydrogens (tertiary/aromatic N) is 2. The van der Waals surface area contributed by atoms with Crippen molar-refractivity contribution in [2.24, 2.45) is 5.92 Å². The van der Waals surface area contributed by atoms with E-state index >= 15 is 0 Å². The van der Waals surface area contributed by atoms with Gasteiger partial charge in [0.2, 0.25) is 0 Å². The summed E-state index contributed by atoms with van der Waals surface area (Å²) in [5, 5.41) is 10.5. The van der Waals surface area contributed by atoms with Gasteiger partial charge in [-0.15, -0.1) is 4.31 Å². The summed E-state index contributed by atoms with van der Waals surface area (Å²) in [5.74, 6) is 0.180. The van der Waals surface area contributed by atoms with E-state index in [1.807, 2.05) is 28.6 Å². The molecule has 1 saturated heterocycles. The van der Waals surface area contributed by atoms with Crippen LogP contribution in [-0.2, 0) is 11.4 Å². The predicted octanol–water partition coefficient (Wildman–Crippen LogP) is 2.13. The van der Waals surface area contributed by atoms with Crippen LogP contribution in [0, 0.1) is 5.92 Å². The fourth-order valence-corrected chi connectivity index (χ4v) is 4.12. The Morgan fingerprint density at radius 3 is 2.52 bits per heavy atom. The Kier molecular flexibility index (Phi) is 5.17. The molecule has 3 rings (SSSR count). The van der Waals surface area contributed by atoms with Gasteiger partial charge in [0, 0.05) is 31.2 Å². The van der Waals surface area contributed by atoms with Crippen LogP contribution in [0.5, 0.6) is 0 Å². The molecule has 122 valence electrons. The standard InChI is InChI=1S/C17H21N3O2S/c18-15-3-5-16(6-4-15)23(22)20-10-7-13(8-11-20)17(21)14-2-1-9-19-12-14/h1-6,9,12-13,17,21H,7-8,10-11,18H2. The molecule has 1 aromatic heterocycles. The van der Waals surface area contributed by atoms with Gasteiger partial charge in [0.25, 0.3) is 0 Å². The summed E-state index contributed by atoms with van der Waals surface area (Å²) in [4.78, 5) is 4.83. The van der Waals surface area contributed by atoms with Crippen molar-refractivity contribution < 1.29 is 9.66 Å². The molecule has 0 aliphatic carbocycles. The Balaban J connectivity index is 1.59. The highest BCUT2D eigenvalue weighted by atomic mass is 32.2. The Bertz CT molecular complexity index is 615. The molecule has 5 nitrogen and oxygen atoms in total. The first-order valence-corrected chi connectivity index (χ1v) is 8.86. The van der Waals surface area contributed by atoms with Gasteiger partial charge >= 0.3 is 0 Å². The van der Waals surface area contributed by atoms with E-state index < -0.39 is 17.5 Å². The van der Waals surface area contributed by atoms with Gasteiger partial charge in [-0.1, -0.05) is 6.07 Å². The van der Waals surface area contributed by atoms with Crippen LogP contribution < -0.4 is 5.73 Å². The fourth-order valence-electron chi connectivity index (χ4n) is 2.91. The monoisotopic (exact) mass is 331 g/mol. The van der Waals surface area contributed by atoms with E-state index in [-0.39, 0.29) is 5.92 Å². The highest BCUT2D eigenvalue weighted by Gasteiger charge is 2.32. The lowest BCUT2D eigenvalue weighted by Gasteiger charge is -2.33. The first kappa shape index (κ1) is 16.3. The zero-order valence-electron chi connectivity index (χ0n) is 12.8. The fraction of sp³-hybridized carbons (Fsp3) is 0.353. The third kappa shape index (κ3) is 3.84. The second kappa shape index (κ2) is 7.31. The van der Waals surface area contributed by atoms with E-state index in [9.17, 15) is 9.66 Å². The molecule has 23 heavy (non-hydrogen) atoms. The number of rotatable bonds is 4. The molecule has 2 aromatic rings. The largest absolute Gasteiger partial charge is 0.593 e. The maximum absolute atomic E-state index is 12.6. The molecule has 0 radical (unpaired) electrons. The number of aromatic nitrogens is 1. The average Bonchev–Trinajstić information content (AvgIpc) is 2.62. The van der Waals surface area contributed by atoms with E-state index in [2.05, 4.69) is 4.98 Å². The van der Waals surface area contributed by atoms with Crippen molar-refractivity contribution in [2.45, 2.75) is 23.8 Å². The average molecular weight is 331 g/mol. The second-order valence-corrected chi connectivity index (χ2v) is 7.30. The summed E-state index contributed by atoms with van der Waals surface area (Å²) >= 11 is -1.17. The number of anilines is 1. The molecule has 0 amide bonds. The number of nitrogen functional groups attached to an aromatic ring is 1. The van der Waals surface area contributed by atoms with Gasteiger partial charge in [0.05, 0.1) is 17.5 Å². The Hall–Kier alpha value is -1.60. The summed E-state index contributed by atoms with van der Waals surface area (Å²) in [6.45, 7) is 1.41. The SMILES string of the molecule is Nc1ccc([S+]([O-])N2CCC(C(O)c3cccnc3)CC2)cc1. The van der Waals surface area contributed by atoms with Gasteiger partial charge in [0.15, 0.2) is 4.90 Å². The van der Waals surface area contributed by atoms with Crippen molar-refractivity contribution >= 4 is 17.0 Å². The maximum Gasteiger partial charge on any atom is 0.174 e. The van der Waals surface area contributed by atoms with Gasteiger partial charge in [0.1, 0.15) is 0 Å². The minimum absolute atomic E-state index is 0.180. The highest BCUT2D eigenvalue weighted by molar-refractivity contribution is 7.89. The first-order chi connectivity index (χ1) is 11.1. The number of piperidine rings is 1. The number of hydrogen-bond acceptors (Lipinski definition) is 5. The van der Waals surface area contributed by atoms with E-state index in [0.717, 1.165) is 23.3 Å². The Morgan fingerprint density at radius 2 is 1.91 bits per heavy atom. The molecule has 0 bridgehead atoms. The van der Waals surface area contributed by atoms with Gasteiger partial charge in [-0.3, -0.25) is 4.98 Å². The van der Waals surface area contributed by atoms with Gasteiger partial charge in [-0.05, 0) is 54.7 Å². The molecule has 6 heteroatoms. The van der Waals surface area contributed by atoms with Crippen LogP contribution in [-0.4, -0.2) is 32.0 Å². The van der Waals surface area contributed by atoms with Crippen LogP contribution in [0.4, 0.5) is 5.69 Å². The van der Waals surface area contributed by atoms with Crippen molar-refractivity contribution in [2.75, 3.05) is 18.8 Å². The molecule has 0 spiro atoms. The van der Waals surface area contributed by atoms with E-state index in [1.165, 1.54) is 0 Å². The van der Waals surface area contributed by atoms with Gasteiger partial charge in [-0.25, -0.2) is 0 Å². The van der Waals surface area contributed by atoms with Crippen molar-refractivity contribution in [1.82, 2.24) is 9.29 Å². The lowest BCUT2D eigenvalue weighted by molar-refractivity contribution is 0.0758. The van der Waals surface area contributed by atoms with Crippen molar-refractivity contribution in [3.63, 3.8) is 0 Å². The molecular weight excluding hydrogens is 310 g/mol. The van der Waals surface area contributed by atoms with Crippen LogP contribution in [0.2, 0.25) is 0 Å². The number of nitrogens with two attached hydrogens (primary N) is 1. The van der Waals surface area contributed by atoms with Crippen LogP contribution >= 0.6 is 0 Å². The lowest BCUT2D eigenvalue weighted by Crippen LogP contribution is -2.39. The minimum atomic E-state index is -1.17. The van der Waals surface area contributed by atoms with Crippen molar-refractivity contribution in [3.8, 4) is 0 Å². The summed E-state index contributed by atoms with van der Waals surface area (Å²) in [6, 6.07) is 10.9. The molecule has 1 aliphatic rings. The number of aliphatic hydroxyl groups is 1. The molecule has 0 saturated carbocycles. The number of pyridine rings is 1. The topological polar surface area (TPSA) is 85.4 Å². The number of hydrogen-bond donors (Lipinski definition) is 2. The molecule has 2 heterocycles. The summed E-state index contributed by atoms with van der Waals surface area (Å²) in [7, 11) is 0. The Morgan fingerprint density at radius 1 is 1.22 bits per heavy atom. The quantitative estimate of drug-likeness (QED) is 0.662. The van der Waals surface area contributed by atoms with E-state index in [4.69, 9.17) is 5.73 Å². The lowest BCUT2D eigenvalue weighted by atomic mass is 9.89. The number of aliphatic hydroxyl groups excluding tert-OH is 1. The molecular formula is C17H21N3O2S. The summed E-state index contributed by atoms with van der Waals surface area (Å²) < 4.78 is 14.5. The predicted molar refractivity (Wildman–Crippen MR) is 90.8 cm³/mol. The zero-order valence-corrected chi connectivity index (χ0v) is 13.7.